The van der Waals surface area contributed by atoms with E-state index in [-0.39, 0.29) is 38.5 Å². The van der Waals surface area contributed by atoms with Crippen molar-refractivity contribution in [2.45, 2.75) is 13.3 Å². The molecule has 1 aliphatic rings. The molecule has 10 heavy (non-hydrogen) atoms. The summed E-state index contributed by atoms with van der Waals surface area (Å²) >= 11 is 0. The van der Waals surface area contributed by atoms with E-state index < -0.39 is 0 Å². The zero-order valence-electron chi connectivity index (χ0n) is 5.89. The molecule has 2 N–H and O–H groups in total. The van der Waals surface area contributed by atoms with Crippen LogP contribution in [0.15, 0.2) is 17.2 Å². The Morgan fingerprint density at radius 1 is 1.80 bits per heavy atom. The molecule has 51 valence electrons. The van der Waals surface area contributed by atoms with Crippen molar-refractivity contribution in [3.63, 3.8) is 0 Å². The van der Waals surface area contributed by atoms with Gasteiger partial charge >= 0.3 is 0 Å². The Bertz CT molecular complexity index is 204. The Kier molecular flexibility index (Phi) is 4.06. The van der Waals surface area contributed by atoms with Gasteiger partial charge in [-0.2, -0.15) is 23.1 Å². The van der Waals surface area contributed by atoms with E-state index in [9.17, 15) is 0 Å². The van der Waals surface area contributed by atoms with Crippen LogP contribution in [0.2, 0.25) is 0 Å². The predicted molar refractivity (Wildman–Crippen MR) is 37.7 cm³/mol. The second-order valence-electron chi connectivity index (χ2n) is 2.03. The van der Waals surface area contributed by atoms with E-state index in [1.807, 2.05) is 13.0 Å². The third kappa shape index (κ3) is 2.03. The van der Waals surface area contributed by atoms with Crippen molar-refractivity contribution in [2.75, 3.05) is 0 Å². The first-order valence-electron chi connectivity index (χ1n) is 2.81. The van der Waals surface area contributed by atoms with E-state index in [4.69, 9.17) is 11.1 Å². The number of nitrogens with zero attached hydrogens (tertiary/aromatic N) is 1. The number of allylic oxidation sites excluding steroid dienone is 2. The summed E-state index contributed by atoms with van der Waals surface area (Å²) in [4.78, 5) is 0. The smallest absolute Gasteiger partial charge is 0 e. The standard InChI is InChI=1S/C7H8N2.Y/c1-5-3-2-4-6(5)7(8)9;/h3H,2H2,1H3,(H2-,8,9);/q-2;. The van der Waals surface area contributed by atoms with E-state index in [0.29, 0.717) is 5.57 Å². The molecule has 0 aliphatic heterocycles. The van der Waals surface area contributed by atoms with Crippen LogP contribution < -0.4 is 5.73 Å². The van der Waals surface area contributed by atoms with Gasteiger partial charge in [-0.25, -0.2) is 0 Å². The molecule has 0 aromatic heterocycles. The summed E-state index contributed by atoms with van der Waals surface area (Å²) in [7, 11) is 0. The molecular formula is C7H8N2Y-2. The molecule has 0 saturated heterocycles. The maximum atomic E-state index is 8.78. The van der Waals surface area contributed by atoms with Crippen LogP contribution in [0.1, 0.15) is 13.3 Å². The molecule has 0 aromatic carbocycles. The van der Waals surface area contributed by atoms with Gasteiger partial charge in [0.2, 0.25) is 0 Å². The van der Waals surface area contributed by atoms with Crippen LogP contribution in [0, 0.1) is 6.08 Å². The predicted octanol–water partition coefficient (Wildman–Crippen LogP) is 0.990. The van der Waals surface area contributed by atoms with Crippen LogP contribution >= 0.6 is 0 Å². The molecule has 3 heteroatoms. The van der Waals surface area contributed by atoms with Gasteiger partial charge in [0, 0.05) is 32.7 Å². The van der Waals surface area contributed by atoms with Crippen molar-refractivity contribution >= 4 is 5.84 Å². The third-order valence-electron chi connectivity index (χ3n) is 1.34. The first kappa shape index (κ1) is 10.1. The third-order valence-corrected chi connectivity index (χ3v) is 1.34. The van der Waals surface area contributed by atoms with Crippen molar-refractivity contribution in [3.05, 3.63) is 28.7 Å². The van der Waals surface area contributed by atoms with E-state index in [1.54, 1.807) is 0 Å². The van der Waals surface area contributed by atoms with Crippen LogP contribution in [0.5, 0.6) is 0 Å². The summed E-state index contributed by atoms with van der Waals surface area (Å²) in [6, 6.07) is 0. The monoisotopic (exact) mass is 209 g/mol. The summed E-state index contributed by atoms with van der Waals surface area (Å²) in [6.45, 7) is 1.90. The summed E-state index contributed by atoms with van der Waals surface area (Å²) in [5.74, 6) is -0.124. The van der Waals surface area contributed by atoms with Gasteiger partial charge < -0.3 is 11.1 Å². The molecule has 0 spiro atoms. The minimum absolute atomic E-state index is 0. The number of amidine groups is 1. The molecule has 0 unspecified atom stereocenters. The Hall–Kier alpha value is 0.0539. The quantitative estimate of drug-likeness (QED) is 0.390. The van der Waals surface area contributed by atoms with Crippen molar-refractivity contribution in [1.82, 2.24) is 0 Å². The molecule has 0 saturated carbocycles. The molecule has 0 atom stereocenters. The Morgan fingerprint density at radius 3 is 2.60 bits per heavy atom. The Balaban J connectivity index is 0.000000810. The van der Waals surface area contributed by atoms with Crippen LogP contribution in [-0.2, 0) is 32.7 Å². The van der Waals surface area contributed by atoms with Gasteiger partial charge in [-0.15, -0.1) is 6.08 Å². The maximum Gasteiger partial charge on any atom is 0 e. The molecule has 0 bridgehead atoms. The average Bonchev–Trinajstić information content (AvgIpc) is 2.13. The van der Waals surface area contributed by atoms with Gasteiger partial charge in [-0.1, -0.05) is 13.3 Å². The fourth-order valence-electron chi connectivity index (χ4n) is 0.840. The fraction of sp³-hybridized carbons (Fsp3) is 0.286. The first-order chi connectivity index (χ1) is 4.22. The second-order valence-corrected chi connectivity index (χ2v) is 2.03. The molecule has 0 fully saturated rings. The molecule has 0 amide bonds. The molecule has 1 radical (unpaired) electrons. The molecule has 2 nitrogen and oxygen atoms in total. The van der Waals surface area contributed by atoms with Crippen LogP contribution in [0.4, 0.5) is 0 Å². The van der Waals surface area contributed by atoms with Gasteiger partial charge in [-0.3, -0.25) is 0 Å². The summed E-state index contributed by atoms with van der Waals surface area (Å²) in [5.41, 5.74) is 6.79. The first-order valence-corrected chi connectivity index (χ1v) is 2.81. The van der Waals surface area contributed by atoms with Gasteiger partial charge in [0.15, 0.2) is 0 Å². The molecule has 1 rings (SSSR count). The average molecular weight is 209 g/mol. The minimum atomic E-state index is -0.124. The van der Waals surface area contributed by atoms with Crippen molar-refractivity contribution in [2.24, 2.45) is 5.73 Å². The van der Waals surface area contributed by atoms with E-state index in [1.165, 1.54) is 0 Å². The Morgan fingerprint density at radius 2 is 2.40 bits per heavy atom. The van der Waals surface area contributed by atoms with Crippen molar-refractivity contribution in [3.8, 4) is 0 Å². The van der Waals surface area contributed by atoms with Crippen LogP contribution in [0.3, 0.4) is 0 Å². The second kappa shape index (κ2) is 4.04. The zero-order valence-corrected chi connectivity index (χ0v) is 8.72. The van der Waals surface area contributed by atoms with E-state index in [2.05, 4.69) is 6.08 Å². The van der Waals surface area contributed by atoms with Crippen molar-refractivity contribution < 1.29 is 32.7 Å². The van der Waals surface area contributed by atoms with Crippen LogP contribution in [0.25, 0.3) is 5.41 Å². The van der Waals surface area contributed by atoms with E-state index >= 15 is 0 Å². The van der Waals surface area contributed by atoms with Crippen molar-refractivity contribution in [1.29, 1.82) is 0 Å². The van der Waals surface area contributed by atoms with Gasteiger partial charge in [0.1, 0.15) is 0 Å². The van der Waals surface area contributed by atoms with Gasteiger partial charge in [0.25, 0.3) is 0 Å². The maximum absolute atomic E-state index is 8.78. The minimum Gasteiger partial charge on any atom is -0.545 e. The van der Waals surface area contributed by atoms with E-state index in [0.717, 1.165) is 12.0 Å². The number of hydrogen-bond donors (Lipinski definition) is 1. The van der Waals surface area contributed by atoms with Gasteiger partial charge in [-0.05, 0) is 0 Å². The topological polar surface area (TPSA) is 48.3 Å². The Labute approximate surface area is 86.0 Å². The normalized spacial score (nSPS) is 15.3. The largest absolute Gasteiger partial charge is 0.545 e. The summed E-state index contributed by atoms with van der Waals surface area (Å²) in [6.07, 6.45) is 5.65. The summed E-state index contributed by atoms with van der Waals surface area (Å²) in [5, 5.41) is 8.78. The summed E-state index contributed by atoms with van der Waals surface area (Å²) < 4.78 is 0. The number of nitrogens with two attached hydrogens (primary N) is 1. The van der Waals surface area contributed by atoms with Gasteiger partial charge in [0.05, 0.1) is 0 Å². The number of rotatable bonds is 1. The fourth-order valence-corrected chi connectivity index (χ4v) is 0.840. The molecule has 1 aliphatic carbocycles. The molecular weight excluding hydrogens is 201 g/mol. The SMILES string of the molecule is CC1=CC[C-]=C1C(=[N-])N.[Y]. The number of hydrogen-bond acceptors (Lipinski definition) is 0. The zero-order chi connectivity index (χ0) is 6.85. The molecule has 0 heterocycles. The van der Waals surface area contributed by atoms with Crippen LogP contribution in [-0.4, -0.2) is 5.84 Å². The molecule has 0 aromatic rings.